The molecule has 18 heavy (non-hydrogen) atoms. The number of nitrogens with one attached hydrogen (secondary N) is 1. The number of nitrogen functional groups attached to an aromatic ring is 1. The Hall–Kier alpha value is -1.09. The average Bonchev–Trinajstić information content (AvgIpc) is 2.42. The molecule has 3 atom stereocenters. The minimum atomic E-state index is 0.355. The van der Waals surface area contributed by atoms with Crippen LogP contribution in [0.15, 0.2) is 18.3 Å². The normalized spacial score (nSPS) is 25.9. The van der Waals surface area contributed by atoms with Gasteiger partial charge in [-0.25, -0.2) is 4.98 Å². The standard InChI is InChI=1S/C15H25N3/c1-3-11-6-4-7-12(10-11)14(17-2)13-8-5-9-18-15(13)16/h5,8-9,11-12,14,17H,3-4,6-7,10H2,1-2H3,(H2,16,18). The molecule has 0 aromatic carbocycles. The second-order valence-electron chi connectivity index (χ2n) is 5.45. The quantitative estimate of drug-likeness (QED) is 0.859. The molecule has 0 spiro atoms. The molecular formula is C15H25N3. The number of pyridine rings is 1. The molecule has 1 aliphatic carbocycles. The minimum absolute atomic E-state index is 0.355. The minimum Gasteiger partial charge on any atom is -0.383 e. The molecule has 0 saturated heterocycles. The number of anilines is 1. The van der Waals surface area contributed by atoms with Crippen molar-refractivity contribution in [2.45, 2.75) is 45.1 Å². The Kier molecular flexibility index (Phi) is 4.59. The van der Waals surface area contributed by atoms with Gasteiger partial charge in [-0.15, -0.1) is 0 Å². The highest BCUT2D eigenvalue weighted by Crippen LogP contribution is 2.39. The van der Waals surface area contributed by atoms with Gasteiger partial charge in [0.25, 0.3) is 0 Å². The SMILES string of the molecule is CCC1CCCC(C(NC)c2cccnc2N)C1. The van der Waals surface area contributed by atoms with Crippen molar-refractivity contribution in [3.05, 3.63) is 23.9 Å². The Morgan fingerprint density at radius 1 is 1.50 bits per heavy atom. The van der Waals surface area contributed by atoms with E-state index >= 15 is 0 Å². The third kappa shape index (κ3) is 2.83. The van der Waals surface area contributed by atoms with Crippen molar-refractivity contribution in [1.29, 1.82) is 0 Å². The maximum absolute atomic E-state index is 6.02. The molecule has 1 heterocycles. The summed E-state index contributed by atoms with van der Waals surface area (Å²) in [5.74, 6) is 2.26. The number of aromatic nitrogens is 1. The zero-order chi connectivity index (χ0) is 13.0. The summed E-state index contributed by atoms with van der Waals surface area (Å²) in [7, 11) is 2.03. The highest BCUT2D eigenvalue weighted by atomic mass is 14.9. The van der Waals surface area contributed by atoms with E-state index in [0.717, 1.165) is 5.92 Å². The van der Waals surface area contributed by atoms with Gasteiger partial charge in [0.2, 0.25) is 0 Å². The first-order valence-electron chi connectivity index (χ1n) is 7.13. The summed E-state index contributed by atoms with van der Waals surface area (Å²) in [6.45, 7) is 2.31. The molecule has 0 amide bonds. The summed E-state index contributed by atoms with van der Waals surface area (Å²) in [5, 5.41) is 3.45. The summed E-state index contributed by atoms with van der Waals surface area (Å²) in [6, 6.07) is 4.45. The highest BCUT2D eigenvalue weighted by Gasteiger charge is 2.28. The molecule has 0 bridgehead atoms. The van der Waals surface area contributed by atoms with Crippen LogP contribution in [0, 0.1) is 11.8 Å². The lowest BCUT2D eigenvalue weighted by molar-refractivity contribution is 0.215. The molecule has 1 aliphatic rings. The van der Waals surface area contributed by atoms with Gasteiger partial charge in [-0.2, -0.15) is 0 Å². The Balaban J connectivity index is 2.15. The van der Waals surface area contributed by atoms with E-state index in [9.17, 15) is 0 Å². The van der Waals surface area contributed by atoms with Gasteiger partial charge in [0.05, 0.1) is 0 Å². The van der Waals surface area contributed by atoms with Crippen LogP contribution in [0.1, 0.15) is 50.6 Å². The van der Waals surface area contributed by atoms with Crippen molar-refractivity contribution in [3.63, 3.8) is 0 Å². The van der Waals surface area contributed by atoms with Gasteiger partial charge in [0.15, 0.2) is 0 Å². The number of nitrogens with two attached hydrogens (primary N) is 1. The summed E-state index contributed by atoms with van der Waals surface area (Å²) in [5.41, 5.74) is 7.19. The van der Waals surface area contributed by atoms with Crippen molar-refractivity contribution in [3.8, 4) is 0 Å². The fourth-order valence-electron chi connectivity index (χ4n) is 3.34. The second-order valence-corrected chi connectivity index (χ2v) is 5.45. The first-order valence-corrected chi connectivity index (χ1v) is 7.13. The summed E-state index contributed by atoms with van der Waals surface area (Å²) < 4.78 is 0. The Bertz CT molecular complexity index is 378. The van der Waals surface area contributed by atoms with Crippen molar-refractivity contribution in [2.24, 2.45) is 11.8 Å². The summed E-state index contributed by atoms with van der Waals surface area (Å²) >= 11 is 0. The van der Waals surface area contributed by atoms with Crippen LogP contribution in [0.3, 0.4) is 0 Å². The van der Waals surface area contributed by atoms with Crippen LogP contribution < -0.4 is 11.1 Å². The average molecular weight is 247 g/mol. The van der Waals surface area contributed by atoms with Crippen LogP contribution >= 0.6 is 0 Å². The summed E-state index contributed by atoms with van der Waals surface area (Å²) in [4.78, 5) is 4.22. The van der Waals surface area contributed by atoms with Crippen LogP contribution in [0.2, 0.25) is 0 Å². The van der Waals surface area contributed by atoms with Gasteiger partial charge in [0.1, 0.15) is 5.82 Å². The fourth-order valence-corrected chi connectivity index (χ4v) is 3.34. The van der Waals surface area contributed by atoms with E-state index in [0.29, 0.717) is 17.8 Å². The van der Waals surface area contributed by atoms with Gasteiger partial charge in [0, 0.05) is 17.8 Å². The molecule has 100 valence electrons. The maximum Gasteiger partial charge on any atom is 0.128 e. The lowest BCUT2D eigenvalue weighted by Gasteiger charge is -2.34. The van der Waals surface area contributed by atoms with Crippen LogP contribution in [-0.4, -0.2) is 12.0 Å². The molecule has 1 fully saturated rings. The number of rotatable bonds is 4. The van der Waals surface area contributed by atoms with Crippen LogP contribution in [0.5, 0.6) is 0 Å². The highest BCUT2D eigenvalue weighted by molar-refractivity contribution is 5.41. The van der Waals surface area contributed by atoms with Crippen molar-refractivity contribution < 1.29 is 0 Å². The van der Waals surface area contributed by atoms with Crippen molar-refractivity contribution in [2.75, 3.05) is 12.8 Å². The van der Waals surface area contributed by atoms with Gasteiger partial charge in [-0.1, -0.05) is 32.3 Å². The molecule has 1 aromatic heterocycles. The topological polar surface area (TPSA) is 50.9 Å². The third-order valence-corrected chi connectivity index (χ3v) is 4.39. The Morgan fingerprint density at radius 3 is 3.00 bits per heavy atom. The van der Waals surface area contributed by atoms with E-state index < -0.39 is 0 Å². The number of nitrogens with zero attached hydrogens (tertiary/aromatic N) is 1. The lowest BCUT2D eigenvalue weighted by atomic mass is 9.75. The zero-order valence-corrected chi connectivity index (χ0v) is 11.5. The molecule has 2 rings (SSSR count). The smallest absolute Gasteiger partial charge is 0.128 e. The van der Waals surface area contributed by atoms with E-state index in [-0.39, 0.29) is 0 Å². The summed E-state index contributed by atoms with van der Waals surface area (Å²) in [6.07, 6.45) is 8.43. The fraction of sp³-hybridized carbons (Fsp3) is 0.667. The predicted octanol–water partition coefficient (Wildman–Crippen LogP) is 3.14. The predicted molar refractivity (Wildman–Crippen MR) is 76.2 cm³/mol. The maximum atomic E-state index is 6.02. The van der Waals surface area contributed by atoms with E-state index in [4.69, 9.17) is 5.73 Å². The van der Waals surface area contributed by atoms with Gasteiger partial charge >= 0.3 is 0 Å². The molecule has 0 aliphatic heterocycles. The van der Waals surface area contributed by atoms with Crippen molar-refractivity contribution >= 4 is 5.82 Å². The largest absolute Gasteiger partial charge is 0.383 e. The van der Waals surface area contributed by atoms with E-state index in [2.05, 4.69) is 23.3 Å². The zero-order valence-electron chi connectivity index (χ0n) is 11.5. The van der Waals surface area contributed by atoms with Crippen LogP contribution in [-0.2, 0) is 0 Å². The monoisotopic (exact) mass is 247 g/mol. The molecule has 3 nitrogen and oxygen atoms in total. The van der Waals surface area contributed by atoms with Crippen LogP contribution in [0.4, 0.5) is 5.82 Å². The lowest BCUT2D eigenvalue weighted by Crippen LogP contribution is -2.30. The Labute approximate surface area is 110 Å². The first-order chi connectivity index (χ1) is 8.76. The van der Waals surface area contributed by atoms with Crippen molar-refractivity contribution in [1.82, 2.24) is 10.3 Å². The van der Waals surface area contributed by atoms with Crippen LogP contribution in [0.25, 0.3) is 0 Å². The second kappa shape index (κ2) is 6.19. The van der Waals surface area contributed by atoms with Gasteiger partial charge < -0.3 is 11.1 Å². The third-order valence-electron chi connectivity index (χ3n) is 4.39. The number of hydrogen-bond donors (Lipinski definition) is 2. The molecule has 1 aromatic rings. The van der Waals surface area contributed by atoms with E-state index in [1.807, 2.05) is 13.1 Å². The Morgan fingerprint density at radius 2 is 2.33 bits per heavy atom. The molecule has 1 saturated carbocycles. The van der Waals surface area contributed by atoms with E-state index in [1.165, 1.54) is 37.7 Å². The molecule has 0 radical (unpaired) electrons. The molecule has 3 N–H and O–H groups in total. The van der Waals surface area contributed by atoms with Gasteiger partial charge in [-0.3, -0.25) is 0 Å². The molecular weight excluding hydrogens is 222 g/mol. The molecule has 3 heteroatoms. The first kappa shape index (κ1) is 13.3. The number of hydrogen-bond acceptors (Lipinski definition) is 3. The van der Waals surface area contributed by atoms with E-state index in [1.54, 1.807) is 6.20 Å². The van der Waals surface area contributed by atoms with Gasteiger partial charge in [-0.05, 0) is 37.8 Å². The molecule has 3 unspecified atom stereocenters.